The lowest BCUT2D eigenvalue weighted by molar-refractivity contribution is -0.122. The van der Waals surface area contributed by atoms with Gasteiger partial charge in [0.2, 0.25) is 5.91 Å². The molecular formula is C12H27Cl2N3O. The van der Waals surface area contributed by atoms with E-state index in [1.54, 1.807) is 0 Å². The minimum absolute atomic E-state index is 0. The van der Waals surface area contributed by atoms with Gasteiger partial charge in [-0.25, -0.2) is 0 Å². The van der Waals surface area contributed by atoms with Crippen molar-refractivity contribution in [1.29, 1.82) is 0 Å². The molecule has 1 unspecified atom stereocenters. The summed E-state index contributed by atoms with van der Waals surface area (Å²) in [6, 6.07) is 0.519. The molecule has 0 spiro atoms. The van der Waals surface area contributed by atoms with E-state index < -0.39 is 0 Å². The van der Waals surface area contributed by atoms with Gasteiger partial charge in [-0.3, -0.25) is 9.69 Å². The number of hydrogen-bond donors (Lipinski definition) is 2. The summed E-state index contributed by atoms with van der Waals surface area (Å²) in [6.45, 7) is 5.60. The topological polar surface area (TPSA) is 44.4 Å². The van der Waals surface area contributed by atoms with E-state index in [-0.39, 0.29) is 30.7 Å². The van der Waals surface area contributed by atoms with Crippen LogP contribution in [0.1, 0.15) is 32.6 Å². The zero-order chi connectivity index (χ0) is 11.8. The van der Waals surface area contributed by atoms with Crippen molar-refractivity contribution < 1.29 is 4.79 Å². The van der Waals surface area contributed by atoms with Crippen LogP contribution >= 0.6 is 24.8 Å². The Morgan fingerprint density at radius 2 is 2.17 bits per heavy atom. The van der Waals surface area contributed by atoms with Gasteiger partial charge in [-0.15, -0.1) is 24.8 Å². The van der Waals surface area contributed by atoms with Crippen molar-refractivity contribution in [3.63, 3.8) is 0 Å². The first-order valence-electron chi connectivity index (χ1n) is 6.41. The van der Waals surface area contributed by atoms with Gasteiger partial charge in [-0.1, -0.05) is 13.3 Å². The zero-order valence-corrected chi connectivity index (χ0v) is 13.0. The smallest absolute Gasteiger partial charge is 0.234 e. The fourth-order valence-corrected chi connectivity index (χ4v) is 2.03. The number of unbranched alkanes of at least 4 members (excludes halogenated alkanes) is 1. The first-order valence-corrected chi connectivity index (χ1v) is 6.41. The van der Waals surface area contributed by atoms with Crippen LogP contribution in [-0.4, -0.2) is 50.1 Å². The SMILES string of the molecule is CCCCNC(=O)CN(C)C1CCCNC1.Cl.Cl. The fourth-order valence-electron chi connectivity index (χ4n) is 2.03. The number of rotatable bonds is 6. The highest BCUT2D eigenvalue weighted by atomic mass is 35.5. The summed E-state index contributed by atoms with van der Waals surface area (Å²) in [4.78, 5) is 13.8. The summed E-state index contributed by atoms with van der Waals surface area (Å²) in [5, 5.41) is 6.32. The number of nitrogens with zero attached hydrogens (tertiary/aromatic N) is 1. The summed E-state index contributed by atoms with van der Waals surface area (Å²) in [6.07, 6.45) is 4.61. The normalized spacial score (nSPS) is 18.7. The lowest BCUT2D eigenvalue weighted by Gasteiger charge is -2.31. The number of halogens is 2. The van der Waals surface area contributed by atoms with Crippen LogP contribution < -0.4 is 10.6 Å². The minimum atomic E-state index is 0. The first-order chi connectivity index (χ1) is 7.74. The molecule has 0 aromatic rings. The lowest BCUT2D eigenvalue weighted by Crippen LogP contribution is -2.47. The molecule has 1 rings (SSSR count). The Morgan fingerprint density at radius 1 is 1.44 bits per heavy atom. The van der Waals surface area contributed by atoms with E-state index in [1.807, 2.05) is 7.05 Å². The van der Waals surface area contributed by atoms with E-state index in [9.17, 15) is 4.79 Å². The van der Waals surface area contributed by atoms with Crippen LogP contribution in [0.2, 0.25) is 0 Å². The number of carbonyl (C=O) groups is 1. The van der Waals surface area contributed by atoms with E-state index >= 15 is 0 Å². The van der Waals surface area contributed by atoms with Crippen LogP contribution in [0.3, 0.4) is 0 Å². The Kier molecular flexibility index (Phi) is 13.6. The van der Waals surface area contributed by atoms with Crippen molar-refractivity contribution in [3.8, 4) is 0 Å². The number of amides is 1. The van der Waals surface area contributed by atoms with Gasteiger partial charge in [0, 0.05) is 19.1 Å². The molecule has 1 heterocycles. The fraction of sp³-hybridized carbons (Fsp3) is 0.917. The summed E-state index contributed by atoms with van der Waals surface area (Å²) in [5.74, 6) is 0.154. The molecule has 1 amide bonds. The second-order valence-corrected chi connectivity index (χ2v) is 4.62. The Morgan fingerprint density at radius 3 is 2.72 bits per heavy atom. The second-order valence-electron chi connectivity index (χ2n) is 4.62. The molecular weight excluding hydrogens is 273 g/mol. The molecule has 1 aliphatic rings. The molecule has 1 atom stereocenters. The standard InChI is InChI=1S/C12H25N3O.2ClH/c1-3-4-8-14-12(16)10-15(2)11-6-5-7-13-9-11;;/h11,13H,3-10H2,1-2H3,(H,14,16);2*1H. The molecule has 18 heavy (non-hydrogen) atoms. The zero-order valence-electron chi connectivity index (χ0n) is 11.4. The molecule has 0 radical (unpaired) electrons. The number of carbonyl (C=O) groups excluding carboxylic acids is 1. The molecule has 0 aromatic heterocycles. The predicted octanol–water partition coefficient (Wildman–Crippen LogP) is 1.43. The van der Waals surface area contributed by atoms with Crippen LogP contribution in [-0.2, 0) is 4.79 Å². The summed E-state index contributed by atoms with van der Waals surface area (Å²) >= 11 is 0. The van der Waals surface area contributed by atoms with E-state index in [0.29, 0.717) is 12.6 Å². The van der Waals surface area contributed by atoms with Crippen molar-refractivity contribution >= 4 is 30.7 Å². The third kappa shape index (κ3) is 8.14. The predicted molar refractivity (Wildman–Crippen MR) is 80.9 cm³/mol. The highest BCUT2D eigenvalue weighted by molar-refractivity contribution is 5.85. The largest absolute Gasteiger partial charge is 0.355 e. The molecule has 6 heteroatoms. The van der Waals surface area contributed by atoms with Crippen LogP contribution in [0.4, 0.5) is 0 Å². The quantitative estimate of drug-likeness (QED) is 0.729. The van der Waals surface area contributed by atoms with Gasteiger partial charge in [0.05, 0.1) is 6.54 Å². The highest BCUT2D eigenvalue weighted by Crippen LogP contribution is 2.07. The average molecular weight is 300 g/mol. The van der Waals surface area contributed by atoms with Crippen molar-refractivity contribution in [3.05, 3.63) is 0 Å². The molecule has 110 valence electrons. The molecule has 0 aliphatic carbocycles. The summed E-state index contributed by atoms with van der Waals surface area (Å²) < 4.78 is 0. The van der Waals surface area contributed by atoms with Gasteiger partial charge in [-0.2, -0.15) is 0 Å². The molecule has 4 nitrogen and oxygen atoms in total. The van der Waals surface area contributed by atoms with E-state index in [2.05, 4.69) is 22.5 Å². The van der Waals surface area contributed by atoms with Gasteiger partial charge in [-0.05, 0) is 32.9 Å². The lowest BCUT2D eigenvalue weighted by atomic mass is 10.1. The number of hydrogen-bond acceptors (Lipinski definition) is 3. The minimum Gasteiger partial charge on any atom is -0.355 e. The first kappa shape index (κ1) is 20.3. The highest BCUT2D eigenvalue weighted by Gasteiger charge is 2.19. The Hall–Kier alpha value is -0.0300. The van der Waals surface area contributed by atoms with Crippen LogP contribution in [0.15, 0.2) is 0 Å². The molecule has 0 aromatic carbocycles. The maximum absolute atomic E-state index is 11.6. The second kappa shape index (κ2) is 12.0. The van der Waals surface area contributed by atoms with Crippen molar-refractivity contribution in [2.45, 2.75) is 38.6 Å². The van der Waals surface area contributed by atoms with Crippen molar-refractivity contribution in [2.24, 2.45) is 0 Å². The van der Waals surface area contributed by atoms with Gasteiger partial charge in [0.25, 0.3) is 0 Å². The maximum Gasteiger partial charge on any atom is 0.234 e. The number of piperidine rings is 1. The maximum atomic E-state index is 11.6. The molecule has 2 N–H and O–H groups in total. The van der Waals surface area contributed by atoms with Gasteiger partial charge < -0.3 is 10.6 Å². The Balaban J connectivity index is 0. The summed E-state index contributed by atoms with van der Waals surface area (Å²) in [7, 11) is 2.04. The van der Waals surface area contributed by atoms with Crippen LogP contribution in [0, 0.1) is 0 Å². The molecule has 0 bridgehead atoms. The van der Waals surface area contributed by atoms with Gasteiger partial charge in [0.15, 0.2) is 0 Å². The number of likely N-dealkylation sites (N-methyl/N-ethyl adjacent to an activating group) is 1. The Labute approximate surface area is 123 Å². The molecule has 1 fully saturated rings. The number of nitrogens with one attached hydrogen (secondary N) is 2. The molecule has 1 aliphatic heterocycles. The molecule has 1 saturated heterocycles. The third-order valence-electron chi connectivity index (χ3n) is 3.14. The van der Waals surface area contributed by atoms with Gasteiger partial charge in [0.1, 0.15) is 0 Å². The third-order valence-corrected chi connectivity index (χ3v) is 3.14. The van der Waals surface area contributed by atoms with Crippen LogP contribution in [0.5, 0.6) is 0 Å². The van der Waals surface area contributed by atoms with E-state index in [4.69, 9.17) is 0 Å². The van der Waals surface area contributed by atoms with Crippen LogP contribution in [0.25, 0.3) is 0 Å². The van der Waals surface area contributed by atoms with Crippen molar-refractivity contribution in [1.82, 2.24) is 15.5 Å². The molecule has 0 saturated carbocycles. The average Bonchev–Trinajstić information content (AvgIpc) is 2.30. The monoisotopic (exact) mass is 299 g/mol. The van der Waals surface area contributed by atoms with Crippen molar-refractivity contribution in [2.75, 3.05) is 33.2 Å². The van der Waals surface area contributed by atoms with E-state index in [0.717, 1.165) is 32.5 Å². The summed E-state index contributed by atoms with van der Waals surface area (Å²) in [5.41, 5.74) is 0. The van der Waals surface area contributed by atoms with E-state index in [1.165, 1.54) is 12.8 Å². The Bertz CT molecular complexity index is 211. The van der Waals surface area contributed by atoms with Gasteiger partial charge >= 0.3 is 0 Å².